The van der Waals surface area contributed by atoms with Crippen molar-refractivity contribution in [1.82, 2.24) is 9.78 Å². The van der Waals surface area contributed by atoms with E-state index in [1.807, 2.05) is 0 Å². The number of carbonyl (C=O) groups is 1. The lowest BCUT2D eigenvalue weighted by molar-refractivity contribution is 0.103. The molecule has 3 rings (SSSR count). The van der Waals surface area contributed by atoms with Crippen LogP contribution in [0.2, 0.25) is 0 Å². The number of nitrogens with two attached hydrogens (primary N) is 2. The minimum Gasteiger partial charge on any atom is -0.504 e. The highest BCUT2D eigenvalue weighted by Gasteiger charge is 2.30. The van der Waals surface area contributed by atoms with Gasteiger partial charge in [0, 0.05) is 0 Å². The summed E-state index contributed by atoms with van der Waals surface area (Å²) in [4.78, 5) is 13.0. The molecule has 0 aliphatic heterocycles. The van der Waals surface area contributed by atoms with Crippen LogP contribution in [0, 0.1) is 0 Å². The summed E-state index contributed by atoms with van der Waals surface area (Å²) in [5, 5.41) is 14.8. The van der Waals surface area contributed by atoms with Crippen molar-refractivity contribution in [3.05, 3.63) is 29.7 Å². The average Bonchev–Trinajstić information content (AvgIpc) is 3.19. The standard InChI is InChI=1S/C15H14N4O5S/c1-22-11-6-3-4-24-12(6)13(23-2)10(21)8(11)9(20)7-5-18-19(14(7)16)15(17)25/h3-5,21H,16H2,1-2H3,(H2,17,25). The number of fused-ring (bicyclic) bond motifs is 1. The Morgan fingerprint density at radius 1 is 1.36 bits per heavy atom. The largest absolute Gasteiger partial charge is 0.504 e. The predicted octanol–water partition coefficient (Wildman–Crippen LogP) is 1.26. The molecule has 0 amide bonds. The van der Waals surface area contributed by atoms with Crippen LogP contribution in [0.4, 0.5) is 5.82 Å². The Balaban J connectivity index is 2.29. The van der Waals surface area contributed by atoms with E-state index in [1.54, 1.807) is 6.07 Å². The van der Waals surface area contributed by atoms with Crippen LogP contribution in [0.3, 0.4) is 0 Å². The van der Waals surface area contributed by atoms with Crippen molar-refractivity contribution in [2.45, 2.75) is 0 Å². The minimum atomic E-state index is -0.629. The van der Waals surface area contributed by atoms with Gasteiger partial charge in [-0.05, 0) is 18.3 Å². The Hall–Kier alpha value is -3.27. The molecule has 2 heterocycles. The van der Waals surface area contributed by atoms with Crippen molar-refractivity contribution < 1.29 is 23.8 Å². The van der Waals surface area contributed by atoms with Gasteiger partial charge in [0.2, 0.25) is 11.5 Å². The first kappa shape index (κ1) is 16.6. The quantitative estimate of drug-likeness (QED) is 0.462. The molecule has 0 atom stereocenters. The van der Waals surface area contributed by atoms with Crippen molar-refractivity contribution >= 4 is 39.9 Å². The molecular formula is C15H14N4O5S. The lowest BCUT2D eigenvalue weighted by Crippen LogP contribution is -2.22. The maximum Gasteiger partial charge on any atom is 0.206 e. The van der Waals surface area contributed by atoms with Gasteiger partial charge in [0.1, 0.15) is 17.1 Å². The van der Waals surface area contributed by atoms with Gasteiger partial charge in [-0.25, -0.2) is 0 Å². The molecule has 0 bridgehead atoms. The van der Waals surface area contributed by atoms with Gasteiger partial charge < -0.3 is 30.5 Å². The number of nitrogens with zero attached hydrogens (tertiary/aromatic N) is 2. The van der Waals surface area contributed by atoms with Gasteiger partial charge in [-0.3, -0.25) is 4.79 Å². The molecule has 3 aromatic rings. The van der Waals surface area contributed by atoms with Gasteiger partial charge in [-0.1, -0.05) is 0 Å². The third-order valence-corrected chi connectivity index (χ3v) is 3.86. The lowest BCUT2D eigenvalue weighted by Gasteiger charge is -2.14. The third-order valence-electron chi connectivity index (χ3n) is 3.69. The monoisotopic (exact) mass is 362 g/mol. The van der Waals surface area contributed by atoms with Crippen LogP contribution in [0.15, 0.2) is 22.9 Å². The summed E-state index contributed by atoms with van der Waals surface area (Å²) < 4.78 is 16.8. The number of ketones is 1. The molecule has 10 heteroatoms. The van der Waals surface area contributed by atoms with Gasteiger partial charge in [-0.15, -0.1) is 0 Å². The fraction of sp³-hybridized carbons (Fsp3) is 0.133. The highest BCUT2D eigenvalue weighted by Crippen LogP contribution is 2.46. The molecule has 0 fully saturated rings. The van der Waals surface area contributed by atoms with Crippen molar-refractivity contribution in [1.29, 1.82) is 0 Å². The Morgan fingerprint density at radius 2 is 2.04 bits per heavy atom. The SMILES string of the molecule is COc1c(C(=O)c2cnn(C(N)=S)c2N)c(O)c(OC)c2occc12. The molecule has 1 aromatic carbocycles. The Kier molecular flexibility index (Phi) is 3.97. The van der Waals surface area contributed by atoms with Crippen molar-refractivity contribution in [3.63, 3.8) is 0 Å². The first-order chi connectivity index (χ1) is 11.9. The topological polar surface area (TPSA) is 139 Å². The van der Waals surface area contributed by atoms with E-state index in [0.717, 1.165) is 4.68 Å². The number of benzene rings is 1. The number of aromatic nitrogens is 2. The molecule has 0 saturated heterocycles. The number of furan rings is 1. The fourth-order valence-electron chi connectivity index (χ4n) is 2.58. The second-order valence-electron chi connectivity index (χ2n) is 4.98. The summed E-state index contributed by atoms with van der Waals surface area (Å²) in [5.41, 5.74) is 11.5. The normalized spacial score (nSPS) is 10.8. The number of nitrogen functional groups attached to an aromatic ring is 1. The van der Waals surface area contributed by atoms with E-state index < -0.39 is 11.5 Å². The molecular weight excluding hydrogens is 348 g/mol. The number of rotatable bonds is 4. The van der Waals surface area contributed by atoms with Crippen molar-refractivity contribution in [2.24, 2.45) is 5.73 Å². The highest BCUT2D eigenvalue weighted by molar-refractivity contribution is 7.80. The number of hydrogen-bond donors (Lipinski definition) is 3. The Labute approximate surface area is 146 Å². The zero-order valence-electron chi connectivity index (χ0n) is 13.3. The number of methoxy groups -OCH3 is 2. The van der Waals surface area contributed by atoms with Crippen molar-refractivity contribution in [2.75, 3.05) is 20.0 Å². The van der Waals surface area contributed by atoms with Gasteiger partial charge in [-0.2, -0.15) is 9.78 Å². The van der Waals surface area contributed by atoms with Crippen LogP contribution >= 0.6 is 12.2 Å². The molecule has 130 valence electrons. The molecule has 5 N–H and O–H groups in total. The molecule has 2 aromatic heterocycles. The molecule has 0 aliphatic rings. The lowest BCUT2D eigenvalue weighted by atomic mass is 10.0. The summed E-state index contributed by atoms with van der Waals surface area (Å²) in [6.45, 7) is 0. The molecule has 9 nitrogen and oxygen atoms in total. The number of carbonyl (C=O) groups excluding carboxylic acids is 1. The second kappa shape index (κ2) is 5.98. The molecule has 0 aliphatic carbocycles. The number of thiocarbonyl (C=S) groups is 1. The summed E-state index contributed by atoms with van der Waals surface area (Å²) in [7, 11) is 2.71. The van der Waals surface area contributed by atoms with E-state index in [2.05, 4.69) is 5.10 Å². The van der Waals surface area contributed by atoms with E-state index in [4.69, 9.17) is 37.6 Å². The van der Waals surface area contributed by atoms with Gasteiger partial charge in [0.25, 0.3) is 0 Å². The smallest absolute Gasteiger partial charge is 0.206 e. The van der Waals surface area contributed by atoms with E-state index in [9.17, 15) is 9.90 Å². The van der Waals surface area contributed by atoms with Crippen LogP contribution in [0.1, 0.15) is 15.9 Å². The molecule has 0 saturated carbocycles. The number of anilines is 1. The van der Waals surface area contributed by atoms with Crippen LogP contribution in [0.25, 0.3) is 11.0 Å². The summed E-state index contributed by atoms with van der Waals surface area (Å²) in [6.07, 6.45) is 2.60. The highest BCUT2D eigenvalue weighted by atomic mass is 32.1. The van der Waals surface area contributed by atoms with Gasteiger partial charge in [0.15, 0.2) is 16.4 Å². The minimum absolute atomic E-state index is 0.00413. The zero-order chi connectivity index (χ0) is 18.3. The van der Waals surface area contributed by atoms with Crippen LogP contribution in [-0.4, -0.2) is 40.0 Å². The zero-order valence-corrected chi connectivity index (χ0v) is 14.1. The summed E-state index contributed by atoms with van der Waals surface area (Å²) >= 11 is 4.81. The first-order valence-electron chi connectivity index (χ1n) is 6.94. The molecule has 0 radical (unpaired) electrons. The number of phenolic OH excluding ortho intramolecular Hbond substituents is 1. The molecule has 25 heavy (non-hydrogen) atoms. The fourth-order valence-corrected chi connectivity index (χ4v) is 2.73. The summed E-state index contributed by atoms with van der Waals surface area (Å²) in [5.74, 6) is -0.991. The Morgan fingerprint density at radius 3 is 2.60 bits per heavy atom. The second-order valence-corrected chi connectivity index (χ2v) is 5.39. The van der Waals surface area contributed by atoms with E-state index in [1.165, 1.54) is 26.7 Å². The maximum atomic E-state index is 13.0. The number of aromatic hydroxyl groups is 1. The molecule has 0 spiro atoms. The van der Waals surface area contributed by atoms with Crippen LogP contribution in [-0.2, 0) is 0 Å². The molecule has 0 unspecified atom stereocenters. The van der Waals surface area contributed by atoms with Crippen molar-refractivity contribution in [3.8, 4) is 17.2 Å². The summed E-state index contributed by atoms with van der Waals surface area (Å²) in [6, 6.07) is 1.59. The van der Waals surface area contributed by atoms with Gasteiger partial charge >= 0.3 is 0 Å². The Bertz CT molecular complexity index is 1010. The number of ether oxygens (including phenoxy) is 2. The first-order valence-corrected chi connectivity index (χ1v) is 7.35. The van der Waals surface area contributed by atoms with E-state index in [0.29, 0.717) is 5.39 Å². The number of hydrogen-bond acceptors (Lipinski definition) is 8. The predicted molar refractivity (Wildman–Crippen MR) is 93.2 cm³/mol. The number of phenols is 1. The van der Waals surface area contributed by atoms with E-state index in [-0.39, 0.29) is 39.1 Å². The average molecular weight is 362 g/mol. The van der Waals surface area contributed by atoms with E-state index >= 15 is 0 Å². The van der Waals surface area contributed by atoms with Gasteiger partial charge in [0.05, 0.1) is 37.6 Å². The van der Waals surface area contributed by atoms with Crippen LogP contribution < -0.4 is 20.9 Å². The maximum absolute atomic E-state index is 13.0. The third kappa shape index (κ3) is 2.34. The van der Waals surface area contributed by atoms with Crippen LogP contribution in [0.5, 0.6) is 17.2 Å².